The van der Waals surface area contributed by atoms with Gasteiger partial charge >= 0.3 is 7.60 Å². The summed E-state index contributed by atoms with van der Waals surface area (Å²) in [6.45, 7) is 3.44. The number of hydrogen-bond acceptors (Lipinski definition) is 4. The first-order valence-corrected chi connectivity index (χ1v) is 8.30. The molecular formula is C14H17N2O4P. The van der Waals surface area contributed by atoms with Crippen molar-refractivity contribution in [2.24, 2.45) is 0 Å². The minimum absolute atomic E-state index is 0.0866. The monoisotopic (exact) mass is 308 g/mol. The lowest BCUT2D eigenvalue weighted by Gasteiger charge is -2.09. The van der Waals surface area contributed by atoms with Crippen LogP contribution in [0.2, 0.25) is 0 Å². The molecule has 1 aromatic carbocycles. The Morgan fingerprint density at radius 2 is 2.05 bits per heavy atom. The van der Waals surface area contributed by atoms with Gasteiger partial charge in [-0.05, 0) is 26.0 Å². The van der Waals surface area contributed by atoms with Gasteiger partial charge in [0.2, 0.25) is 0 Å². The molecule has 0 fully saturated rings. The number of aromatic nitrogens is 2. The molecule has 0 spiro atoms. The van der Waals surface area contributed by atoms with Crippen molar-refractivity contribution in [2.45, 2.75) is 13.8 Å². The highest BCUT2D eigenvalue weighted by molar-refractivity contribution is 7.53. The topological polar surface area (TPSA) is 81.4 Å². The molecule has 0 radical (unpaired) electrons. The molecule has 0 bridgehead atoms. The maximum Gasteiger partial charge on any atom is 0.335 e. The summed E-state index contributed by atoms with van der Waals surface area (Å²) in [5, 5.41) is 4.17. The molecule has 7 heteroatoms. The zero-order valence-electron chi connectivity index (χ0n) is 11.9. The van der Waals surface area contributed by atoms with E-state index in [4.69, 9.17) is 4.52 Å². The normalized spacial score (nSPS) is 13.9. The highest BCUT2D eigenvalue weighted by atomic mass is 31.2. The Kier molecular flexibility index (Phi) is 4.73. The minimum Gasteiger partial charge on any atom is -0.324 e. The van der Waals surface area contributed by atoms with Gasteiger partial charge in [0, 0.05) is 0 Å². The largest absolute Gasteiger partial charge is 0.335 e. The van der Waals surface area contributed by atoms with E-state index >= 15 is 0 Å². The van der Waals surface area contributed by atoms with E-state index < -0.39 is 19.5 Å². The van der Waals surface area contributed by atoms with Gasteiger partial charge in [-0.3, -0.25) is 9.36 Å². The summed E-state index contributed by atoms with van der Waals surface area (Å²) in [4.78, 5) is 21.7. The van der Waals surface area contributed by atoms with Gasteiger partial charge in [-0.2, -0.15) is 5.10 Å². The van der Waals surface area contributed by atoms with Crippen molar-refractivity contribution < 1.29 is 18.8 Å². The fraction of sp³-hybridized carbons (Fsp3) is 0.286. The van der Waals surface area contributed by atoms with E-state index in [0.29, 0.717) is 11.3 Å². The molecule has 0 aliphatic heterocycles. The Bertz CT molecular complexity index is 682. The summed E-state index contributed by atoms with van der Waals surface area (Å²) in [7, 11) is -3.88. The van der Waals surface area contributed by atoms with Crippen LogP contribution in [0.4, 0.5) is 0 Å². The molecule has 2 aromatic rings. The Labute approximate surface area is 122 Å². The standard InChI is InChI=1S/C14H17N2O4P/c1-3-20-21(18,19)10-14(17)13-9-15-16(11(13)2)12-7-5-4-6-8-12/h4-9H,3,10H2,1-2H3,(H,18,19). The summed E-state index contributed by atoms with van der Waals surface area (Å²) >= 11 is 0. The van der Waals surface area contributed by atoms with Crippen LogP contribution in [0.3, 0.4) is 0 Å². The minimum atomic E-state index is -3.88. The molecule has 1 unspecified atom stereocenters. The number of hydrogen-bond donors (Lipinski definition) is 1. The third kappa shape index (κ3) is 3.67. The number of para-hydroxylation sites is 1. The lowest BCUT2D eigenvalue weighted by Crippen LogP contribution is -2.09. The Balaban J connectivity index is 2.25. The summed E-state index contributed by atoms with van der Waals surface area (Å²) in [5.41, 5.74) is 1.78. The molecule has 1 heterocycles. The first-order valence-electron chi connectivity index (χ1n) is 6.54. The van der Waals surface area contributed by atoms with Crippen LogP contribution < -0.4 is 0 Å². The molecule has 6 nitrogen and oxygen atoms in total. The van der Waals surface area contributed by atoms with E-state index in [-0.39, 0.29) is 6.61 Å². The molecule has 1 atom stereocenters. The summed E-state index contributed by atoms with van der Waals surface area (Å²) in [6.07, 6.45) is 0.874. The first kappa shape index (κ1) is 15.6. The van der Waals surface area contributed by atoms with Crippen molar-refractivity contribution in [1.29, 1.82) is 0 Å². The van der Waals surface area contributed by atoms with Crippen LogP contribution in [0.15, 0.2) is 36.5 Å². The smallest absolute Gasteiger partial charge is 0.324 e. The second-order valence-corrected chi connectivity index (χ2v) is 6.38. The molecule has 2 rings (SSSR count). The van der Waals surface area contributed by atoms with Crippen LogP contribution in [-0.2, 0) is 9.09 Å². The van der Waals surface area contributed by atoms with Gasteiger partial charge in [0.1, 0.15) is 6.16 Å². The van der Waals surface area contributed by atoms with Crippen LogP contribution >= 0.6 is 7.60 Å². The lowest BCUT2D eigenvalue weighted by atomic mass is 10.2. The third-order valence-corrected chi connectivity index (χ3v) is 4.33. The number of ketones is 1. The van der Waals surface area contributed by atoms with E-state index in [1.165, 1.54) is 6.20 Å². The number of carbonyl (C=O) groups is 1. The second kappa shape index (κ2) is 6.35. The van der Waals surface area contributed by atoms with Crippen molar-refractivity contribution >= 4 is 13.4 Å². The average molecular weight is 308 g/mol. The van der Waals surface area contributed by atoms with E-state index in [0.717, 1.165) is 5.69 Å². The van der Waals surface area contributed by atoms with E-state index in [1.54, 1.807) is 18.5 Å². The van der Waals surface area contributed by atoms with Crippen LogP contribution in [0, 0.1) is 6.92 Å². The molecular weight excluding hydrogens is 291 g/mol. The van der Waals surface area contributed by atoms with E-state index in [9.17, 15) is 14.3 Å². The maximum atomic E-state index is 12.1. The van der Waals surface area contributed by atoms with E-state index in [1.807, 2.05) is 30.3 Å². The van der Waals surface area contributed by atoms with Crippen LogP contribution in [0.25, 0.3) is 5.69 Å². The summed E-state index contributed by atoms with van der Waals surface area (Å²) in [5.74, 6) is -0.450. The predicted octanol–water partition coefficient (Wildman–Crippen LogP) is 2.59. The number of rotatable bonds is 6. The van der Waals surface area contributed by atoms with Crippen molar-refractivity contribution in [3.8, 4) is 5.69 Å². The molecule has 0 saturated carbocycles. The number of nitrogens with zero attached hydrogens (tertiary/aromatic N) is 2. The zero-order chi connectivity index (χ0) is 15.5. The second-order valence-electron chi connectivity index (χ2n) is 4.53. The summed E-state index contributed by atoms with van der Waals surface area (Å²) < 4.78 is 18.0. The molecule has 1 aromatic heterocycles. The average Bonchev–Trinajstić information content (AvgIpc) is 2.81. The van der Waals surface area contributed by atoms with Crippen molar-refractivity contribution in [2.75, 3.05) is 12.8 Å². The van der Waals surface area contributed by atoms with Gasteiger partial charge in [0.15, 0.2) is 5.78 Å². The van der Waals surface area contributed by atoms with E-state index in [2.05, 4.69) is 5.10 Å². The molecule has 0 aliphatic carbocycles. The zero-order valence-corrected chi connectivity index (χ0v) is 12.8. The van der Waals surface area contributed by atoms with Crippen LogP contribution in [-0.4, -0.2) is 33.2 Å². The number of carbonyl (C=O) groups excluding carboxylic acids is 1. The quantitative estimate of drug-likeness (QED) is 0.655. The van der Waals surface area contributed by atoms with Gasteiger partial charge in [0.25, 0.3) is 0 Å². The Hall–Kier alpha value is -1.75. The third-order valence-electron chi connectivity index (χ3n) is 2.99. The highest BCUT2D eigenvalue weighted by Gasteiger charge is 2.26. The van der Waals surface area contributed by atoms with Crippen LogP contribution in [0.1, 0.15) is 23.0 Å². The lowest BCUT2D eigenvalue weighted by molar-refractivity contribution is 0.101. The summed E-state index contributed by atoms with van der Waals surface area (Å²) in [6, 6.07) is 9.36. The SMILES string of the molecule is CCOP(=O)(O)CC(=O)c1cnn(-c2ccccc2)c1C. The molecule has 0 aliphatic rings. The van der Waals surface area contributed by atoms with Gasteiger partial charge in [-0.25, -0.2) is 4.68 Å². The molecule has 0 saturated heterocycles. The maximum absolute atomic E-state index is 12.1. The van der Waals surface area contributed by atoms with Gasteiger partial charge in [0.05, 0.1) is 29.7 Å². The highest BCUT2D eigenvalue weighted by Crippen LogP contribution is 2.42. The van der Waals surface area contributed by atoms with Gasteiger partial charge in [-0.1, -0.05) is 18.2 Å². The first-order chi connectivity index (χ1) is 9.94. The predicted molar refractivity (Wildman–Crippen MR) is 78.9 cm³/mol. The number of benzene rings is 1. The van der Waals surface area contributed by atoms with Gasteiger partial charge in [-0.15, -0.1) is 0 Å². The fourth-order valence-corrected chi connectivity index (χ4v) is 3.05. The van der Waals surface area contributed by atoms with Crippen molar-refractivity contribution in [3.63, 3.8) is 0 Å². The molecule has 1 N–H and O–H groups in total. The molecule has 112 valence electrons. The Morgan fingerprint density at radius 3 is 2.67 bits per heavy atom. The van der Waals surface area contributed by atoms with Gasteiger partial charge < -0.3 is 9.42 Å². The molecule has 0 amide bonds. The van der Waals surface area contributed by atoms with Crippen molar-refractivity contribution in [3.05, 3.63) is 47.8 Å². The fourth-order valence-electron chi connectivity index (χ4n) is 2.03. The van der Waals surface area contributed by atoms with Crippen LogP contribution in [0.5, 0.6) is 0 Å². The Morgan fingerprint density at radius 1 is 1.38 bits per heavy atom. The molecule has 21 heavy (non-hydrogen) atoms. The number of Topliss-reactive ketones (excluding diaryl/α,β-unsaturated/α-hetero) is 1. The van der Waals surface area contributed by atoms with Crippen molar-refractivity contribution in [1.82, 2.24) is 9.78 Å².